The van der Waals surface area contributed by atoms with E-state index in [-0.39, 0.29) is 6.42 Å². The topological polar surface area (TPSA) is 165 Å². The molecule has 1 aliphatic heterocycles. The molecule has 0 saturated carbocycles. The molecule has 1 rings (SSSR count). The first-order chi connectivity index (χ1) is 9.81. The monoisotopic (exact) mass is 304 g/mol. The summed E-state index contributed by atoms with van der Waals surface area (Å²) in [6.07, 6.45) is -2.42. The number of aliphatic carboxylic acids is 1. The lowest BCUT2D eigenvalue weighted by Crippen LogP contribution is -2.54. The van der Waals surface area contributed by atoms with Gasteiger partial charge in [-0.1, -0.05) is 0 Å². The van der Waals surface area contributed by atoms with Crippen molar-refractivity contribution in [3.63, 3.8) is 0 Å². The van der Waals surface area contributed by atoms with E-state index in [4.69, 9.17) is 31.2 Å². The van der Waals surface area contributed by atoms with Crippen LogP contribution in [0.4, 0.5) is 0 Å². The Morgan fingerprint density at radius 2 is 2.14 bits per heavy atom. The van der Waals surface area contributed by atoms with Gasteiger partial charge in [0.05, 0.1) is 6.61 Å². The molecule has 0 bridgehead atoms. The molecule has 1 aliphatic rings. The molecular formula is C12H20N2O7. The lowest BCUT2D eigenvalue weighted by atomic mass is 9.84. The molecule has 21 heavy (non-hydrogen) atoms. The summed E-state index contributed by atoms with van der Waals surface area (Å²) in [6.45, 7) is -0.622. The molecule has 9 heteroatoms. The smallest absolute Gasteiger partial charge is 0.370 e. The second-order valence-electron chi connectivity index (χ2n) is 4.78. The summed E-state index contributed by atoms with van der Waals surface area (Å²) in [4.78, 5) is 22.2. The van der Waals surface area contributed by atoms with E-state index >= 15 is 0 Å². The first kappa shape index (κ1) is 17.4. The van der Waals surface area contributed by atoms with Gasteiger partial charge in [-0.3, -0.25) is 4.79 Å². The molecule has 0 aliphatic carbocycles. The average Bonchev–Trinajstić information content (AvgIpc) is 2.41. The van der Waals surface area contributed by atoms with Crippen LogP contribution in [0, 0.1) is 5.92 Å². The minimum absolute atomic E-state index is 0.173. The van der Waals surface area contributed by atoms with Gasteiger partial charge in [0.15, 0.2) is 0 Å². The Morgan fingerprint density at radius 3 is 2.57 bits per heavy atom. The number of ether oxygens (including phenoxy) is 2. The third-order valence-corrected chi connectivity index (χ3v) is 3.33. The van der Waals surface area contributed by atoms with E-state index in [1.165, 1.54) is 13.2 Å². The fraction of sp³-hybridized carbons (Fsp3) is 0.667. The van der Waals surface area contributed by atoms with Crippen LogP contribution < -0.4 is 11.5 Å². The summed E-state index contributed by atoms with van der Waals surface area (Å²) >= 11 is 0. The quantitative estimate of drug-likeness (QED) is 0.345. The largest absolute Gasteiger partial charge is 0.480 e. The van der Waals surface area contributed by atoms with Crippen molar-refractivity contribution < 1.29 is 34.4 Å². The van der Waals surface area contributed by atoms with Crippen LogP contribution in [0.3, 0.4) is 0 Å². The Hall–Kier alpha value is -1.68. The number of carbonyl (C=O) groups is 2. The molecule has 7 N–H and O–H groups in total. The van der Waals surface area contributed by atoms with E-state index in [0.717, 1.165) is 0 Å². The van der Waals surface area contributed by atoms with Gasteiger partial charge in [-0.2, -0.15) is 0 Å². The van der Waals surface area contributed by atoms with Crippen molar-refractivity contribution in [3.05, 3.63) is 11.8 Å². The number of aliphatic hydroxyl groups is 2. The zero-order valence-electron chi connectivity index (χ0n) is 11.5. The van der Waals surface area contributed by atoms with Gasteiger partial charge in [0.2, 0.25) is 11.7 Å². The van der Waals surface area contributed by atoms with E-state index in [2.05, 4.69) is 0 Å². The molecule has 0 radical (unpaired) electrons. The minimum Gasteiger partial charge on any atom is -0.480 e. The van der Waals surface area contributed by atoms with Crippen molar-refractivity contribution in [1.82, 2.24) is 0 Å². The number of carboxylic acid groups (broad SMARTS) is 1. The predicted molar refractivity (Wildman–Crippen MR) is 69.8 cm³/mol. The van der Waals surface area contributed by atoms with Crippen molar-refractivity contribution in [2.45, 2.75) is 30.8 Å². The lowest BCUT2D eigenvalue weighted by Gasteiger charge is -2.39. The van der Waals surface area contributed by atoms with E-state index in [1.54, 1.807) is 0 Å². The Bertz CT molecular complexity index is 426. The summed E-state index contributed by atoms with van der Waals surface area (Å²) in [6, 6.07) is -0.814. The molecule has 120 valence electrons. The van der Waals surface area contributed by atoms with Crippen LogP contribution >= 0.6 is 0 Å². The number of hydrogen-bond donors (Lipinski definition) is 5. The Labute approximate surface area is 121 Å². The van der Waals surface area contributed by atoms with Crippen LogP contribution in [0.2, 0.25) is 0 Å². The molecule has 0 spiro atoms. The second kappa shape index (κ2) is 7.36. The molecule has 9 nitrogen and oxygen atoms in total. The SMILES string of the molecule is CO[C@@H]([C@@H]1OC(C(=O)O)=C[C@@H](N)[C@H]1CC(N)=O)[C@H](O)CO. The van der Waals surface area contributed by atoms with Crippen LogP contribution in [0.15, 0.2) is 11.8 Å². The zero-order chi connectivity index (χ0) is 16.2. The second-order valence-corrected chi connectivity index (χ2v) is 4.78. The van der Waals surface area contributed by atoms with Gasteiger partial charge in [-0.25, -0.2) is 4.79 Å². The van der Waals surface area contributed by atoms with E-state index in [9.17, 15) is 14.7 Å². The van der Waals surface area contributed by atoms with Crippen molar-refractivity contribution in [3.8, 4) is 0 Å². The van der Waals surface area contributed by atoms with E-state index in [1.807, 2.05) is 0 Å². The first-order valence-electron chi connectivity index (χ1n) is 6.29. The number of carboxylic acids is 1. The van der Waals surface area contributed by atoms with Gasteiger partial charge in [0.25, 0.3) is 0 Å². The molecule has 1 heterocycles. The molecular weight excluding hydrogens is 284 g/mol. The lowest BCUT2D eigenvalue weighted by molar-refractivity contribution is -0.152. The highest BCUT2D eigenvalue weighted by molar-refractivity contribution is 5.84. The van der Waals surface area contributed by atoms with Gasteiger partial charge in [-0.15, -0.1) is 0 Å². The number of methoxy groups -OCH3 is 1. The zero-order valence-corrected chi connectivity index (χ0v) is 11.5. The molecule has 0 aromatic rings. The normalized spacial score (nSPS) is 28.2. The van der Waals surface area contributed by atoms with Crippen molar-refractivity contribution in [2.24, 2.45) is 17.4 Å². The molecule has 0 unspecified atom stereocenters. The number of rotatable bonds is 7. The third kappa shape index (κ3) is 4.14. The fourth-order valence-electron chi connectivity index (χ4n) is 2.32. The molecule has 0 aromatic carbocycles. The minimum atomic E-state index is -1.33. The van der Waals surface area contributed by atoms with Crippen LogP contribution in [0.5, 0.6) is 0 Å². The molecule has 1 amide bonds. The van der Waals surface area contributed by atoms with Gasteiger partial charge in [-0.05, 0) is 6.08 Å². The standard InChI is InChI=1S/C12H20N2O7/c1-20-11(7(16)4-15)10-5(2-9(14)17)6(13)3-8(21-10)12(18)19/h3,5-7,10-11,15-16H,2,4,13H2,1H3,(H2,14,17)(H,18,19)/t5-,6-,7-,10-,11-/m1/s1. The summed E-state index contributed by atoms with van der Waals surface area (Å²) in [5, 5.41) is 27.8. The predicted octanol–water partition coefficient (Wildman–Crippen LogP) is -2.46. The van der Waals surface area contributed by atoms with Crippen LogP contribution in [0.25, 0.3) is 0 Å². The first-order valence-corrected chi connectivity index (χ1v) is 6.29. The number of hydrogen-bond acceptors (Lipinski definition) is 7. The van der Waals surface area contributed by atoms with Crippen molar-refractivity contribution in [1.29, 1.82) is 0 Å². The summed E-state index contributed by atoms with van der Waals surface area (Å²) in [5.41, 5.74) is 11.0. The molecule has 5 atom stereocenters. The van der Waals surface area contributed by atoms with Gasteiger partial charge >= 0.3 is 5.97 Å². The highest BCUT2D eigenvalue weighted by Crippen LogP contribution is 2.30. The van der Waals surface area contributed by atoms with Gasteiger partial charge < -0.3 is 36.3 Å². The maximum absolute atomic E-state index is 11.1. The molecule has 0 aromatic heterocycles. The van der Waals surface area contributed by atoms with Gasteiger partial charge in [0, 0.05) is 25.5 Å². The van der Waals surface area contributed by atoms with Crippen LogP contribution in [0.1, 0.15) is 6.42 Å². The highest BCUT2D eigenvalue weighted by Gasteiger charge is 2.43. The fourth-order valence-corrected chi connectivity index (χ4v) is 2.32. The summed E-state index contributed by atoms with van der Waals surface area (Å²) in [7, 11) is 1.26. The Morgan fingerprint density at radius 1 is 1.52 bits per heavy atom. The number of nitrogens with two attached hydrogens (primary N) is 2. The number of amides is 1. The summed E-state index contributed by atoms with van der Waals surface area (Å²) < 4.78 is 10.4. The molecule has 0 saturated heterocycles. The Balaban J connectivity index is 3.11. The average molecular weight is 304 g/mol. The number of primary amides is 1. The number of aliphatic hydroxyl groups excluding tert-OH is 2. The maximum Gasteiger partial charge on any atom is 0.370 e. The van der Waals surface area contributed by atoms with Crippen molar-refractivity contribution in [2.75, 3.05) is 13.7 Å². The van der Waals surface area contributed by atoms with Gasteiger partial charge in [0.1, 0.15) is 18.3 Å². The van der Waals surface area contributed by atoms with Crippen LogP contribution in [-0.2, 0) is 19.1 Å². The maximum atomic E-state index is 11.1. The van der Waals surface area contributed by atoms with E-state index in [0.29, 0.717) is 0 Å². The Kier molecular flexibility index (Phi) is 6.09. The van der Waals surface area contributed by atoms with Crippen LogP contribution in [-0.4, -0.2) is 65.3 Å². The van der Waals surface area contributed by atoms with E-state index < -0.39 is 54.5 Å². The van der Waals surface area contributed by atoms with Crippen molar-refractivity contribution >= 4 is 11.9 Å². The highest BCUT2D eigenvalue weighted by atomic mass is 16.6. The number of carbonyl (C=O) groups excluding carboxylic acids is 1. The summed E-state index contributed by atoms with van der Waals surface area (Å²) in [5.74, 6) is -3.07. The molecule has 0 fully saturated rings. The third-order valence-electron chi connectivity index (χ3n) is 3.33.